The molecule has 2 bridgehead atoms. The van der Waals surface area contributed by atoms with Crippen molar-refractivity contribution in [2.24, 2.45) is 5.92 Å². The third-order valence-corrected chi connectivity index (χ3v) is 7.51. The first-order valence-electron chi connectivity index (χ1n) is 12.2. The highest BCUT2D eigenvalue weighted by Crippen LogP contribution is 2.36. The standard InChI is InChI=1S/C23H34N4O3.CH2O2/c1-2-24-7-9-25(10-8-24)15-18-5-6-20-19-12-17(14-27(20)22(18)28)13-26(16-19)23(29)21-4-3-11-30-21;2-1-3/h5-6,17,19,21H,2-4,7-16H2,1H3;1H,(H,2,3)/t17-,19+,21-;/m0./s1. The molecule has 1 aromatic rings. The molecule has 0 radical (unpaired) electrons. The highest BCUT2D eigenvalue weighted by Gasteiger charge is 2.39. The van der Waals surface area contributed by atoms with Gasteiger partial charge in [-0.2, -0.15) is 0 Å². The van der Waals surface area contributed by atoms with Crippen LogP contribution in [0.3, 0.4) is 0 Å². The summed E-state index contributed by atoms with van der Waals surface area (Å²) in [5, 5.41) is 6.89. The Morgan fingerprint density at radius 3 is 2.55 bits per heavy atom. The number of carbonyl (C=O) groups excluding carboxylic acids is 1. The van der Waals surface area contributed by atoms with E-state index >= 15 is 0 Å². The molecule has 5 heterocycles. The van der Waals surface area contributed by atoms with Crippen molar-refractivity contribution in [1.29, 1.82) is 0 Å². The van der Waals surface area contributed by atoms with Gasteiger partial charge in [-0.05, 0) is 37.8 Å². The van der Waals surface area contributed by atoms with Gasteiger partial charge in [-0.25, -0.2) is 0 Å². The fourth-order valence-corrected chi connectivity index (χ4v) is 5.77. The number of fused-ring (bicyclic) bond motifs is 4. The summed E-state index contributed by atoms with van der Waals surface area (Å²) in [6.07, 6.45) is 2.65. The summed E-state index contributed by atoms with van der Waals surface area (Å²) in [5.41, 5.74) is 2.20. The average molecular weight is 461 g/mol. The zero-order valence-electron chi connectivity index (χ0n) is 19.5. The van der Waals surface area contributed by atoms with Crippen molar-refractivity contribution in [3.63, 3.8) is 0 Å². The van der Waals surface area contributed by atoms with Crippen LogP contribution in [0.25, 0.3) is 0 Å². The van der Waals surface area contributed by atoms with Crippen molar-refractivity contribution < 1.29 is 19.4 Å². The van der Waals surface area contributed by atoms with Crippen molar-refractivity contribution in [1.82, 2.24) is 19.3 Å². The Balaban J connectivity index is 0.000000821. The molecule has 0 saturated carbocycles. The first-order valence-corrected chi connectivity index (χ1v) is 12.2. The third kappa shape index (κ3) is 5.31. The number of piperazine rings is 1. The third-order valence-electron chi connectivity index (χ3n) is 7.51. The molecule has 0 aliphatic carbocycles. The molecule has 9 nitrogen and oxygen atoms in total. The maximum Gasteiger partial charge on any atom is 0.290 e. The molecule has 0 aromatic carbocycles. The van der Waals surface area contributed by atoms with E-state index in [0.717, 1.165) is 82.9 Å². The topological polar surface area (TPSA) is 95.3 Å². The van der Waals surface area contributed by atoms with Crippen molar-refractivity contribution in [3.05, 3.63) is 33.7 Å². The number of hydrogen-bond acceptors (Lipinski definition) is 6. The van der Waals surface area contributed by atoms with Gasteiger partial charge in [0.25, 0.3) is 17.9 Å². The van der Waals surface area contributed by atoms with Gasteiger partial charge < -0.3 is 24.2 Å². The zero-order valence-corrected chi connectivity index (χ0v) is 19.5. The van der Waals surface area contributed by atoms with Gasteiger partial charge in [0.1, 0.15) is 6.10 Å². The Bertz CT molecular complexity index is 889. The van der Waals surface area contributed by atoms with E-state index in [2.05, 4.69) is 22.8 Å². The predicted octanol–water partition coefficient (Wildman–Crippen LogP) is 0.811. The molecule has 33 heavy (non-hydrogen) atoms. The largest absolute Gasteiger partial charge is 0.483 e. The summed E-state index contributed by atoms with van der Waals surface area (Å²) in [6.45, 7) is 10.9. The van der Waals surface area contributed by atoms with Crippen LogP contribution in [0.5, 0.6) is 0 Å². The molecule has 3 saturated heterocycles. The van der Waals surface area contributed by atoms with Crippen LogP contribution in [-0.4, -0.2) is 95.3 Å². The number of carboxylic acid groups (broad SMARTS) is 1. The number of piperidine rings is 1. The highest BCUT2D eigenvalue weighted by atomic mass is 16.5. The molecule has 0 spiro atoms. The number of aromatic nitrogens is 1. The minimum Gasteiger partial charge on any atom is -0.483 e. The predicted molar refractivity (Wildman–Crippen MR) is 123 cm³/mol. The molecular formula is C24H36N4O5. The Labute approximate surface area is 194 Å². The number of likely N-dealkylation sites (N-methyl/N-ethyl adjacent to an activating group) is 1. The number of ether oxygens (including phenoxy) is 1. The monoisotopic (exact) mass is 460 g/mol. The van der Waals surface area contributed by atoms with E-state index in [1.54, 1.807) is 0 Å². The molecule has 4 aliphatic rings. The lowest BCUT2D eigenvalue weighted by molar-refractivity contribution is -0.143. The minimum atomic E-state index is -0.250. The molecule has 3 fully saturated rings. The molecule has 1 amide bonds. The molecule has 1 N–H and O–H groups in total. The number of carbonyl (C=O) groups is 2. The fourth-order valence-electron chi connectivity index (χ4n) is 5.77. The second-order valence-corrected chi connectivity index (χ2v) is 9.56. The van der Waals surface area contributed by atoms with Crippen LogP contribution in [0.1, 0.15) is 43.4 Å². The van der Waals surface area contributed by atoms with Gasteiger partial charge in [-0.1, -0.05) is 13.0 Å². The maximum absolute atomic E-state index is 13.3. The second-order valence-electron chi connectivity index (χ2n) is 9.56. The number of likely N-dealkylation sites (tertiary alicyclic amines) is 1. The molecule has 4 aliphatic heterocycles. The Hall–Kier alpha value is -2.23. The van der Waals surface area contributed by atoms with Crippen LogP contribution < -0.4 is 5.56 Å². The molecule has 0 unspecified atom stereocenters. The van der Waals surface area contributed by atoms with E-state index in [4.69, 9.17) is 14.6 Å². The summed E-state index contributed by atoms with van der Waals surface area (Å²) in [6, 6.07) is 4.20. The van der Waals surface area contributed by atoms with Crippen LogP contribution in [0.4, 0.5) is 0 Å². The minimum absolute atomic E-state index is 0.154. The second kappa shape index (κ2) is 10.8. The lowest BCUT2D eigenvalue weighted by Gasteiger charge is -2.43. The van der Waals surface area contributed by atoms with Crippen LogP contribution in [-0.2, 0) is 27.4 Å². The number of amides is 1. The van der Waals surface area contributed by atoms with E-state index in [-0.39, 0.29) is 30.0 Å². The fraction of sp³-hybridized carbons (Fsp3) is 0.708. The number of hydrogen-bond donors (Lipinski definition) is 1. The van der Waals surface area contributed by atoms with Crippen LogP contribution in [0, 0.1) is 5.92 Å². The number of rotatable bonds is 4. The lowest BCUT2D eigenvalue weighted by atomic mass is 9.82. The smallest absolute Gasteiger partial charge is 0.290 e. The Kier molecular flexibility index (Phi) is 7.82. The molecule has 3 atom stereocenters. The van der Waals surface area contributed by atoms with Gasteiger partial charge in [0.15, 0.2) is 0 Å². The molecule has 9 heteroatoms. The maximum atomic E-state index is 13.3. The summed E-state index contributed by atoms with van der Waals surface area (Å²) in [4.78, 5) is 41.4. The molecule has 182 valence electrons. The van der Waals surface area contributed by atoms with E-state index in [1.807, 2.05) is 15.5 Å². The van der Waals surface area contributed by atoms with Crippen LogP contribution in [0.2, 0.25) is 0 Å². The summed E-state index contributed by atoms with van der Waals surface area (Å²) in [7, 11) is 0. The van der Waals surface area contributed by atoms with Crippen LogP contribution in [0.15, 0.2) is 16.9 Å². The molecule has 5 rings (SSSR count). The van der Waals surface area contributed by atoms with Gasteiger partial charge in [-0.3, -0.25) is 19.3 Å². The Morgan fingerprint density at radius 1 is 1.15 bits per heavy atom. The SMILES string of the molecule is CCN1CCN(Cc2ccc3n(c2=O)C[C@H]2C[C@@H]3CN(C(=O)[C@@H]3CCCO3)C2)CC1.O=CO. The van der Waals surface area contributed by atoms with Gasteiger partial charge in [-0.15, -0.1) is 0 Å². The first-order chi connectivity index (χ1) is 16.0. The van der Waals surface area contributed by atoms with Crippen molar-refractivity contribution in [2.45, 2.75) is 51.3 Å². The van der Waals surface area contributed by atoms with Crippen molar-refractivity contribution in [2.75, 3.05) is 52.4 Å². The summed E-state index contributed by atoms with van der Waals surface area (Å²) < 4.78 is 7.64. The van der Waals surface area contributed by atoms with E-state index in [9.17, 15) is 9.59 Å². The summed E-state index contributed by atoms with van der Waals surface area (Å²) >= 11 is 0. The van der Waals surface area contributed by atoms with E-state index in [1.165, 1.54) is 0 Å². The molecule has 1 aromatic heterocycles. The lowest BCUT2D eigenvalue weighted by Crippen LogP contribution is -2.52. The van der Waals surface area contributed by atoms with Gasteiger partial charge in [0.2, 0.25) is 0 Å². The van der Waals surface area contributed by atoms with E-state index < -0.39 is 0 Å². The van der Waals surface area contributed by atoms with Crippen molar-refractivity contribution >= 4 is 12.4 Å². The van der Waals surface area contributed by atoms with Crippen molar-refractivity contribution in [3.8, 4) is 0 Å². The van der Waals surface area contributed by atoms with Gasteiger partial charge >= 0.3 is 0 Å². The summed E-state index contributed by atoms with van der Waals surface area (Å²) in [5.74, 6) is 0.779. The van der Waals surface area contributed by atoms with E-state index in [0.29, 0.717) is 19.1 Å². The number of pyridine rings is 1. The number of nitrogens with zero attached hydrogens (tertiary/aromatic N) is 4. The van der Waals surface area contributed by atoms with Gasteiger partial charge in [0.05, 0.1) is 0 Å². The zero-order chi connectivity index (χ0) is 23.4. The quantitative estimate of drug-likeness (QED) is 0.665. The molecular weight excluding hydrogens is 424 g/mol. The Morgan fingerprint density at radius 2 is 1.88 bits per heavy atom. The highest BCUT2D eigenvalue weighted by molar-refractivity contribution is 5.81. The van der Waals surface area contributed by atoms with Crippen LogP contribution >= 0.6 is 0 Å². The normalized spacial score (nSPS) is 27.4. The van der Waals surface area contributed by atoms with Gasteiger partial charge in [0, 0.05) is 76.1 Å². The average Bonchev–Trinajstić information content (AvgIpc) is 3.37. The first kappa shape index (κ1) is 23.9.